The van der Waals surface area contributed by atoms with Crippen molar-refractivity contribution in [3.8, 4) is 12.3 Å². The highest BCUT2D eigenvalue weighted by Crippen LogP contribution is 2.19. The number of carbonyl (C=O) groups excluding carboxylic acids is 9. The van der Waals surface area contributed by atoms with Gasteiger partial charge in [-0.25, -0.2) is 4.79 Å². The molecule has 1 saturated heterocycles. The van der Waals surface area contributed by atoms with Gasteiger partial charge in [0, 0.05) is 51.0 Å². The van der Waals surface area contributed by atoms with Crippen molar-refractivity contribution in [2.24, 2.45) is 23.5 Å². The number of primary amides is 1. The molecule has 0 aromatic heterocycles. The molecule has 9 N–H and O–H groups in total. The highest BCUT2D eigenvalue weighted by Gasteiger charge is 2.37. The molecule has 68 heavy (non-hydrogen) atoms. The third-order valence-electron chi connectivity index (χ3n) is 10.0. The van der Waals surface area contributed by atoms with Crippen LogP contribution in [0.2, 0.25) is 0 Å². The molecular formula is C45H66N8O15. The number of terminal acetylenes is 1. The number of hydrogen-bond donors (Lipinski definition) is 8. The van der Waals surface area contributed by atoms with Crippen molar-refractivity contribution in [1.29, 1.82) is 0 Å². The zero-order valence-electron chi connectivity index (χ0n) is 39.1. The quantitative estimate of drug-likeness (QED) is 0.0194. The minimum atomic E-state index is -1.34. The van der Waals surface area contributed by atoms with Crippen molar-refractivity contribution < 1.29 is 72.0 Å². The Balaban J connectivity index is 1.82. The smallest absolute Gasteiger partial charge is 0.312 e. The van der Waals surface area contributed by atoms with Crippen LogP contribution < -0.4 is 37.6 Å². The van der Waals surface area contributed by atoms with E-state index in [4.69, 9.17) is 31.1 Å². The molecule has 376 valence electrons. The molecule has 4 atom stereocenters. The van der Waals surface area contributed by atoms with E-state index in [9.17, 15) is 53.1 Å². The molecule has 2 rings (SSSR count). The number of esters is 1. The molecule has 1 aliphatic heterocycles. The number of urea groups is 1. The topological polar surface area (TPSA) is 329 Å². The lowest BCUT2D eigenvalue weighted by molar-refractivity contribution is -0.148. The second kappa shape index (κ2) is 31.4. The Morgan fingerprint density at radius 1 is 0.765 bits per heavy atom. The average Bonchev–Trinajstić information content (AvgIpc) is 3.57. The van der Waals surface area contributed by atoms with E-state index in [1.165, 1.54) is 0 Å². The number of nitrogens with one attached hydrogen (secondary N) is 6. The molecule has 23 heteroatoms. The number of carboxylic acids is 1. The SMILES string of the molecule is C#CC1CC(=O)N(CCC(=O)NCCOCCOCCOCCC(=O)N[C@@H](CCC(=O)O)C(=O)N[C@H](C(=O)N[C@@H](CCCNC(N)=O)C(=O)Nc2ccc(COC(=O)C(C)C)cc2)C(C)C)C1=O. The van der Waals surface area contributed by atoms with Gasteiger partial charge in [0.05, 0.1) is 45.6 Å². The number of aliphatic carboxylic acids is 1. The molecule has 9 amide bonds. The fraction of sp³-hybridized carbons (Fsp3) is 0.600. The number of anilines is 1. The van der Waals surface area contributed by atoms with Gasteiger partial charge in [-0.15, -0.1) is 6.42 Å². The molecule has 1 heterocycles. The molecule has 0 radical (unpaired) electrons. The summed E-state index contributed by atoms with van der Waals surface area (Å²) in [5.41, 5.74) is 6.21. The van der Waals surface area contributed by atoms with Crippen LogP contribution in [-0.4, -0.2) is 147 Å². The van der Waals surface area contributed by atoms with E-state index >= 15 is 0 Å². The van der Waals surface area contributed by atoms with Gasteiger partial charge in [-0.3, -0.25) is 48.1 Å². The van der Waals surface area contributed by atoms with E-state index in [-0.39, 0.29) is 122 Å². The first-order chi connectivity index (χ1) is 32.3. The number of nitrogens with zero attached hydrogens (tertiary/aromatic N) is 1. The van der Waals surface area contributed by atoms with E-state index in [2.05, 4.69) is 37.8 Å². The van der Waals surface area contributed by atoms with Crippen LogP contribution in [0, 0.1) is 30.1 Å². The number of imide groups is 1. The summed E-state index contributed by atoms with van der Waals surface area (Å²) in [5.74, 6) is -4.95. The van der Waals surface area contributed by atoms with Crippen molar-refractivity contribution in [2.45, 2.75) is 97.4 Å². The first-order valence-corrected chi connectivity index (χ1v) is 22.3. The predicted octanol–water partition coefficient (Wildman–Crippen LogP) is -0.298. The lowest BCUT2D eigenvalue weighted by Gasteiger charge is -2.27. The summed E-state index contributed by atoms with van der Waals surface area (Å²) in [4.78, 5) is 125. The Labute approximate surface area is 395 Å². The lowest BCUT2D eigenvalue weighted by Crippen LogP contribution is -2.58. The van der Waals surface area contributed by atoms with E-state index < -0.39 is 83.8 Å². The van der Waals surface area contributed by atoms with Crippen molar-refractivity contribution in [3.05, 3.63) is 29.8 Å². The van der Waals surface area contributed by atoms with Crippen LogP contribution in [0.5, 0.6) is 0 Å². The minimum absolute atomic E-state index is 0.0360. The zero-order valence-corrected chi connectivity index (χ0v) is 39.1. The maximum atomic E-state index is 13.7. The molecule has 1 aromatic carbocycles. The van der Waals surface area contributed by atoms with Crippen LogP contribution in [0.4, 0.5) is 10.5 Å². The molecular weight excluding hydrogens is 893 g/mol. The van der Waals surface area contributed by atoms with Gasteiger partial charge in [0.15, 0.2) is 0 Å². The van der Waals surface area contributed by atoms with Gasteiger partial charge in [0.25, 0.3) is 0 Å². The number of amides is 9. The van der Waals surface area contributed by atoms with Gasteiger partial charge < -0.3 is 61.7 Å². The summed E-state index contributed by atoms with van der Waals surface area (Å²) in [7, 11) is 0. The largest absolute Gasteiger partial charge is 0.481 e. The van der Waals surface area contributed by atoms with Gasteiger partial charge in [-0.1, -0.05) is 45.7 Å². The predicted molar refractivity (Wildman–Crippen MR) is 242 cm³/mol. The zero-order chi connectivity index (χ0) is 50.6. The van der Waals surface area contributed by atoms with E-state index in [0.717, 1.165) is 4.90 Å². The van der Waals surface area contributed by atoms with Crippen LogP contribution in [0.3, 0.4) is 0 Å². The molecule has 1 aromatic rings. The number of rotatable bonds is 33. The normalized spacial score (nSPS) is 14.6. The summed E-state index contributed by atoms with van der Waals surface area (Å²) in [6.07, 6.45) is 4.46. The second-order valence-corrected chi connectivity index (χ2v) is 16.2. The van der Waals surface area contributed by atoms with Crippen molar-refractivity contribution in [2.75, 3.05) is 64.6 Å². The van der Waals surface area contributed by atoms with Gasteiger partial charge in [-0.2, -0.15) is 0 Å². The number of carbonyl (C=O) groups is 10. The molecule has 1 aliphatic rings. The fourth-order valence-electron chi connectivity index (χ4n) is 6.19. The lowest BCUT2D eigenvalue weighted by atomic mass is 10.0. The highest BCUT2D eigenvalue weighted by molar-refractivity contribution is 6.05. The molecule has 0 spiro atoms. The standard InChI is InChI=1S/C45H66N8O15/c1-6-31-26-37(56)53(43(31)62)19-15-35(54)47-18-21-66-23-25-67-24-22-65-20-16-36(55)50-34(13-14-38(57)58)41(60)52-39(28(2)3)42(61)51-33(8-7-17-48-45(46)64)40(59)49-32-11-9-30(10-12-32)27-68-44(63)29(4)5/h1,9-12,28-29,31,33-34,39H,7-8,13-27H2,2-5H3,(H,47,54)(H,49,59)(H,50,55)(H,51,61)(H,52,60)(H,57,58)(H3,46,48,64)/t31?,33-,34-,39-/m0/s1. The summed E-state index contributed by atoms with van der Waals surface area (Å²) < 4.78 is 21.5. The molecule has 0 aliphatic carbocycles. The summed E-state index contributed by atoms with van der Waals surface area (Å²) in [6.45, 7) is 7.83. The van der Waals surface area contributed by atoms with E-state index in [0.29, 0.717) is 11.3 Å². The molecule has 23 nitrogen and oxygen atoms in total. The summed E-state index contributed by atoms with van der Waals surface area (Å²) >= 11 is 0. The third-order valence-corrected chi connectivity index (χ3v) is 10.0. The Morgan fingerprint density at radius 3 is 1.99 bits per heavy atom. The monoisotopic (exact) mass is 958 g/mol. The van der Waals surface area contributed by atoms with Crippen molar-refractivity contribution in [1.82, 2.24) is 31.5 Å². The first kappa shape index (κ1) is 57.5. The molecule has 1 fully saturated rings. The first-order valence-electron chi connectivity index (χ1n) is 22.3. The van der Waals surface area contributed by atoms with Gasteiger partial charge in [-0.05, 0) is 42.9 Å². The molecule has 1 unspecified atom stereocenters. The van der Waals surface area contributed by atoms with Crippen LogP contribution in [0.15, 0.2) is 24.3 Å². The number of benzene rings is 1. The van der Waals surface area contributed by atoms with Crippen molar-refractivity contribution >= 4 is 65.0 Å². The number of nitrogens with two attached hydrogens (primary N) is 1. The van der Waals surface area contributed by atoms with Crippen LogP contribution in [0.25, 0.3) is 0 Å². The Kier molecular flexibility index (Phi) is 26.5. The average molecular weight is 959 g/mol. The summed E-state index contributed by atoms with van der Waals surface area (Å²) in [6, 6.07) is 2.01. The highest BCUT2D eigenvalue weighted by atomic mass is 16.5. The van der Waals surface area contributed by atoms with E-state index in [1.807, 2.05) is 0 Å². The Morgan fingerprint density at radius 2 is 1.40 bits per heavy atom. The van der Waals surface area contributed by atoms with Crippen molar-refractivity contribution in [3.63, 3.8) is 0 Å². The third kappa shape index (κ3) is 22.7. The second-order valence-electron chi connectivity index (χ2n) is 16.2. The van der Waals surface area contributed by atoms with Gasteiger partial charge in [0.2, 0.25) is 41.4 Å². The van der Waals surface area contributed by atoms with Gasteiger partial charge >= 0.3 is 18.0 Å². The maximum Gasteiger partial charge on any atom is 0.312 e. The Hall–Kier alpha value is -6.64. The number of carboxylic acid groups (broad SMARTS) is 1. The van der Waals surface area contributed by atoms with Crippen LogP contribution in [-0.2, 0) is 68.7 Å². The van der Waals surface area contributed by atoms with Crippen LogP contribution in [0.1, 0.15) is 78.2 Å². The maximum absolute atomic E-state index is 13.7. The van der Waals surface area contributed by atoms with Crippen LogP contribution >= 0.6 is 0 Å². The number of likely N-dealkylation sites (tertiary alicyclic amines) is 1. The molecule has 0 bridgehead atoms. The molecule has 0 saturated carbocycles. The minimum Gasteiger partial charge on any atom is -0.481 e. The fourth-order valence-corrected chi connectivity index (χ4v) is 6.19. The Bertz CT molecular complexity index is 1920. The van der Waals surface area contributed by atoms with Gasteiger partial charge in [0.1, 0.15) is 30.7 Å². The van der Waals surface area contributed by atoms with E-state index in [1.54, 1.807) is 52.0 Å². The number of hydrogen-bond acceptors (Lipinski definition) is 14. The number of ether oxygens (including phenoxy) is 4. The summed E-state index contributed by atoms with van der Waals surface area (Å²) in [5, 5.41) is 24.9.